The first-order chi connectivity index (χ1) is 6.36. The minimum Gasteiger partial charge on any atom is -0.369 e. The molecule has 0 unspecified atom stereocenters. The molecule has 5 heteroatoms. The zero-order chi connectivity index (χ0) is 9.10. The first-order valence-electron chi connectivity index (χ1n) is 4.57. The molecule has 0 atom stereocenters. The maximum Gasteiger partial charge on any atom is 0.0377 e. The molecule has 0 radical (unpaired) electrons. The molecule has 0 saturated carbocycles. The van der Waals surface area contributed by atoms with Gasteiger partial charge in [0.2, 0.25) is 0 Å². The van der Waals surface area contributed by atoms with Gasteiger partial charge in [0.15, 0.2) is 0 Å². The van der Waals surface area contributed by atoms with Crippen LogP contribution in [0.25, 0.3) is 0 Å². The molecule has 1 aliphatic heterocycles. The first-order valence-corrected chi connectivity index (χ1v) is 5.65. The lowest BCUT2D eigenvalue weighted by Crippen LogP contribution is -2.43. The van der Waals surface area contributed by atoms with E-state index in [-0.39, 0.29) is 24.8 Å². The van der Waals surface area contributed by atoms with Gasteiger partial charge in [-0.3, -0.25) is 0 Å². The Morgan fingerprint density at radius 3 is 2.40 bits per heavy atom. The highest BCUT2D eigenvalue weighted by Gasteiger charge is 2.09. The molecule has 1 aromatic carbocycles. The van der Waals surface area contributed by atoms with Gasteiger partial charge in [-0.1, -0.05) is 6.07 Å². The normalized spacial score (nSPS) is 15.1. The fourth-order valence-corrected chi connectivity index (χ4v) is 2.12. The van der Waals surface area contributed by atoms with Crippen molar-refractivity contribution < 1.29 is 0 Å². The molecule has 86 valence electrons. The lowest BCUT2D eigenvalue weighted by Gasteiger charge is -2.29. The monoisotopic (exact) mass is 360 g/mol. The van der Waals surface area contributed by atoms with E-state index in [0.717, 1.165) is 26.2 Å². The summed E-state index contributed by atoms with van der Waals surface area (Å²) in [7, 11) is 0. The van der Waals surface area contributed by atoms with Crippen molar-refractivity contribution in [3.63, 3.8) is 0 Å². The van der Waals surface area contributed by atoms with E-state index >= 15 is 0 Å². The van der Waals surface area contributed by atoms with Crippen LogP contribution in [0.5, 0.6) is 0 Å². The van der Waals surface area contributed by atoms with Crippen molar-refractivity contribution in [3.8, 4) is 0 Å². The average Bonchev–Trinajstić information content (AvgIpc) is 2.19. The second-order valence-corrected chi connectivity index (χ2v) is 4.46. The molecule has 1 aromatic rings. The number of halogens is 3. The van der Waals surface area contributed by atoms with E-state index in [4.69, 9.17) is 0 Å². The Morgan fingerprint density at radius 2 is 1.80 bits per heavy atom. The van der Waals surface area contributed by atoms with Crippen molar-refractivity contribution >= 4 is 53.1 Å². The van der Waals surface area contributed by atoms with E-state index in [0.29, 0.717) is 0 Å². The van der Waals surface area contributed by atoms with Crippen LogP contribution in [0.4, 0.5) is 5.69 Å². The van der Waals surface area contributed by atoms with Gasteiger partial charge >= 0.3 is 0 Å². The fourth-order valence-electron chi connectivity index (χ4n) is 1.60. The van der Waals surface area contributed by atoms with Crippen molar-refractivity contribution in [2.24, 2.45) is 0 Å². The van der Waals surface area contributed by atoms with Crippen LogP contribution in [-0.4, -0.2) is 26.2 Å². The van der Waals surface area contributed by atoms with Crippen LogP contribution < -0.4 is 10.2 Å². The molecule has 0 spiro atoms. The zero-order valence-electron chi connectivity index (χ0n) is 8.28. The van der Waals surface area contributed by atoms with E-state index in [1.165, 1.54) is 9.26 Å². The molecule has 1 N–H and O–H groups in total. The second kappa shape index (κ2) is 7.54. The largest absolute Gasteiger partial charge is 0.369 e. The maximum absolute atomic E-state index is 3.36. The van der Waals surface area contributed by atoms with E-state index in [1.807, 2.05) is 0 Å². The van der Waals surface area contributed by atoms with E-state index < -0.39 is 0 Å². The first kappa shape index (κ1) is 15.3. The smallest absolute Gasteiger partial charge is 0.0377 e. The zero-order valence-corrected chi connectivity index (χ0v) is 12.1. The third-order valence-corrected chi connectivity index (χ3v) is 2.96. The van der Waals surface area contributed by atoms with Gasteiger partial charge in [-0.15, -0.1) is 24.8 Å². The van der Waals surface area contributed by atoms with Gasteiger partial charge in [0.1, 0.15) is 0 Å². The van der Waals surface area contributed by atoms with Crippen molar-refractivity contribution in [2.75, 3.05) is 31.1 Å². The summed E-state index contributed by atoms with van der Waals surface area (Å²) >= 11 is 2.36. The molecule has 0 bridgehead atoms. The third-order valence-electron chi connectivity index (χ3n) is 2.29. The Labute approximate surface area is 117 Å². The lowest BCUT2D eigenvalue weighted by molar-refractivity contribution is 0.589. The number of piperazine rings is 1. The van der Waals surface area contributed by atoms with Crippen molar-refractivity contribution in [3.05, 3.63) is 27.8 Å². The van der Waals surface area contributed by atoms with E-state index in [2.05, 4.69) is 57.1 Å². The number of nitrogens with zero attached hydrogens (tertiary/aromatic N) is 1. The Hall–Kier alpha value is 0.290. The summed E-state index contributed by atoms with van der Waals surface area (Å²) in [6.07, 6.45) is 0. The molecule has 0 aliphatic carbocycles. The Bertz CT molecular complexity index is 291. The molecule has 1 aliphatic rings. The molecule has 0 aromatic heterocycles. The molecule has 2 rings (SSSR count). The Morgan fingerprint density at radius 1 is 1.13 bits per heavy atom. The van der Waals surface area contributed by atoms with Gasteiger partial charge in [-0.2, -0.15) is 0 Å². The summed E-state index contributed by atoms with van der Waals surface area (Å²) in [4.78, 5) is 2.43. The van der Waals surface area contributed by atoms with Gasteiger partial charge in [-0.25, -0.2) is 0 Å². The topological polar surface area (TPSA) is 15.3 Å². The molecule has 0 amide bonds. The maximum atomic E-state index is 3.36. The van der Waals surface area contributed by atoms with Crippen LogP contribution in [0.15, 0.2) is 24.3 Å². The molecule has 15 heavy (non-hydrogen) atoms. The fraction of sp³-hybridized carbons (Fsp3) is 0.400. The highest BCUT2D eigenvalue weighted by atomic mass is 127. The van der Waals surface area contributed by atoms with Crippen molar-refractivity contribution in [1.29, 1.82) is 0 Å². The van der Waals surface area contributed by atoms with E-state index in [9.17, 15) is 0 Å². The van der Waals surface area contributed by atoms with Crippen LogP contribution >= 0.6 is 47.4 Å². The molecular weight excluding hydrogens is 346 g/mol. The number of rotatable bonds is 1. The molecule has 1 fully saturated rings. The summed E-state index contributed by atoms with van der Waals surface area (Å²) in [5.41, 5.74) is 1.36. The predicted octanol–water partition coefficient (Wildman–Crippen LogP) is 2.54. The van der Waals surface area contributed by atoms with Gasteiger partial charge in [0, 0.05) is 35.4 Å². The number of hydrogen-bond donors (Lipinski definition) is 1. The van der Waals surface area contributed by atoms with Crippen LogP contribution in [0.2, 0.25) is 0 Å². The second-order valence-electron chi connectivity index (χ2n) is 3.22. The number of benzene rings is 1. The minimum atomic E-state index is 0. The van der Waals surface area contributed by atoms with E-state index in [1.54, 1.807) is 0 Å². The Kier molecular flexibility index (Phi) is 7.69. The summed E-state index contributed by atoms with van der Waals surface area (Å²) < 4.78 is 1.31. The summed E-state index contributed by atoms with van der Waals surface area (Å²) in [6.45, 7) is 4.46. The summed E-state index contributed by atoms with van der Waals surface area (Å²) in [5, 5.41) is 3.36. The number of nitrogens with one attached hydrogen (secondary N) is 1. The Balaban J connectivity index is 0.000000980. The highest BCUT2D eigenvalue weighted by molar-refractivity contribution is 14.1. The predicted molar refractivity (Wildman–Crippen MR) is 78.7 cm³/mol. The summed E-state index contributed by atoms with van der Waals surface area (Å²) in [5.74, 6) is 0. The molecule has 1 saturated heterocycles. The molecule has 1 heterocycles. The van der Waals surface area contributed by atoms with Gasteiger partial charge in [-0.05, 0) is 40.8 Å². The SMILES string of the molecule is Cl.Cl.Ic1cccc(N2CCNCC2)c1. The van der Waals surface area contributed by atoms with Crippen LogP contribution in [-0.2, 0) is 0 Å². The van der Waals surface area contributed by atoms with Gasteiger partial charge in [0.05, 0.1) is 0 Å². The lowest BCUT2D eigenvalue weighted by atomic mass is 10.2. The quantitative estimate of drug-likeness (QED) is 0.774. The minimum absolute atomic E-state index is 0. The molecule has 2 nitrogen and oxygen atoms in total. The molecular formula is C10H15Cl2IN2. The standard InChI is InChI=1S/C10H13IN2.2ClH/c11-9-2-1-3-10(8-9)13-6-4-12-5-7-13;;/h1-3,8,12H,4-7H2;2*1H. The van der Waals surface area contributed by atoms with Crippen molar-refractivity contribution in [1.82, 2.24) is 5.32 Å². The third kappa shape index (κ3) is 4.34. The van der Waals surface area contributed by atoms with Crippen LogP contribution in [0.3, 0.4) is 0 Å². The highest BCUT2D eigenvalue weighted by Crippen LogP contribution is 2.17. The van der Waals surface area contributed by atoms with Crippen LogP contribution in [0, 0.1) is 3.57 Å². The number of hydrogen-bond acceptors (Lipinski definition) is 2. The average molecular weight is 361 g/mol. The number of anilines is 1. The summed E-state index contributed by atoms with van der Waals surface area (Å²) in [6, 6.07) is 8.69. The van der Waals surface area contributed by atoms with Gasteiger partial charge < -0.3 is 10.2 Å². The van der Waals surface area contributed by atoms with Crippen LogP contribution in [0.1, 0.15) is 0 Å². The van der Waals surface area contributed by atoms with Crippen molar-refractivity contribution in [2.45, 2.75) is 0 Å². The van der Waals surface area contributed by atoms with Gasteiger partial charge in [0.25, 0.3) is 0 Å².